The fourth-order valence-corrected chi connectivity index (χ4v) is 3.68. The lowest BCUT2D eigenvalue weighted by Gasteiger charge is -2.33. The number of cyclic esters (lactones) is 1. The summed E-state index contributed by atoms with van der Waals surface area (Å²) in [5, 5.41) is 0. The first-order chi connectivity index (χ1) is 12.0. The monoisotopic (exact) mass is 342 g/mol. The van der Waals surface area contributed by atoms with Gasteiger partial charge in [0.05, 0.1) is 24.6 Å². The minimum Gasteiger partial charge on any atom is -0.459 e. The minimum atomic E-state index is -0.747. The average molecular weight is 342 g/mol. The Kier molecular flexibility index (Phi) is 5.21. The molecule has 1 aliphatic carbocycles. The van der Waals surface area contributed by atoms with Gasteiger partial charge < -0.3 is 9.64 Å². The summed E-state index contributed by atoms with van der Waals surface area (Å²) in [5.74, 6) is -0.264. The predicted molar refractivity (Wildman–Crippen MR) is 94.4 cm³/mol. The number of carbonyl (C=O) groups is 2. The van der Waals surface area contributed by atoms with Crippen molar-refractivity contribution in [1.82, 2.24) is 9.88 Å². The summed E-state index contributed by atoms with van der Waals surface area (Å²) in [6.07, 6.45) is 9.45. The Balaban J connectivity index is 1.78. The van der Waals surface area contributed by atoms with Crippen LogP contribution in [0.3, 0.4) is 0 Å². The highest BCUT2D eigenvalue weighted by Crippen LogP contribution is 2.34. The van der Waals surface area contributed by atoms with Crippen LogP contribution in [0.5, 0.6) is 0 Å². The van der Waals surface area contributed by atoms with Crippen LogP contribution in [0.1, 0.15) is 45.2 Å². The molecule has 0 saturated carbocycles. The standard InChI is InChI=1S/C20H26N2O3/c1-20(2)17(12-18(23)25-20)19(24)22(13-15-8-4-3-5-9-15)14-16-10-6-7-11-21-16/h3-4,6-7,10-11,15,17H,5,8-9,12-14H2,1-2H3. The maximum absolute atomic E-state index is 13.2. The van der Waals surface area contributed by atoms with Crippen LogP contribution >= 0.6 is 0 Å². The smallest absolute Gasteiger partial charge is 0.307 e. The molecule has 0 N–H and O–H groups in total. The molecule has 0 spiro atoms. The fourth-order valence-electron chi connectivity index (χ4n) is 3.68. The largest absolute Gasteiger partial charge is 0.459 e. The van der Waals surface area contributed by atoms with E-state index in [1.54, 1.807) is 6.20 Å². The summed E-state index contributed by atoms with van der Waals surface area (Å²) in [5.41, 5.74) is 0.119. The zero-order valence-corrected chi connectivity index (χ0v) is 15.0. The van der Waals surface area contributed by atoms with Crippen LogP contribution in [-0.2, 0) is 20.9 Å². The summed E-state index contributed by atoms with van der Waals surface area (Å²) >= 11 is 0. The van der Waals surface area contributed by atoms with E-state index >= 15 is 0 Å². The molecule has 2 aliphatic rings. The van der Waals surface area contributed by atoms with Crippen LogP contribution in [0.2, 0.25) is 0 Å². The van der Waals surface area contributed by atoms with Gasteiger partial charge in [-0.3, -0.25) is 14.6 Å². The molecule has 1 aromatic rings. The zero-order valence-electron chi connectivity index (χ0n) is 15.0. The number of aromatic nitrogens is 1. The molecule has 134 valence electrons. The van der Waals surface area contributed by atoms with Crippen LogP contribution in [0.4, 0.5) is 0 Å². The molecule has 1 saturated heterocycles. The summed E-state index contributed by atoms with van der Waals surface area (Å²) in [6, 6.07) is 5.73. The van der Waals surface area contributed by atoms with Gasteiger partial charge in [-0.15, -0.1) is 0 Å². The second-order valence-electron chi connectivity index (χ2n) is 7.52. The Morgan fingerprint density at radius 3 is 2.80 bits per heavy atom. The van der Waals surface area contributed by atoms with Crippen molar-refractivity contribution in [2.75, 3.05) is 6.54 Å². The average Bonchev–Trinajstić information content (AvgIpc) is 2.88. The number of esters is 1. The predicted octanol–water partition coefficient (Wildman–Crippen LogP) is 3.11. The molecule has 0 radical (unpaired) electrons. The fraction of sp³-hybridized carbons (Fsp3) is 0.550. The van der Waals surface area contributed by atoms with Crippen LogP contribution < -0.4 is 0 Å². The van der Waals surface area contributed by atoms with Gasteiger partial charge in [-0.1, -0.05) is 18.2 Å². The number of rotatable bonds is 5. The van der Waals surface area contributed by atoms with Crippen molar-refractivity contribution in [3.8, 4) is 0 Å². The molecule has 5 heteroatoms. The van der Waals surface area contributed by atoms with Gasteiger partial charge in [-0.25, -0.2) is 0 Å². The van der Waals surface area contributed by atoms with Crippen LogP contribution in [0, 0.1) is 11.8 Å². The number of ether oxygens (including phenoxy) is 1. The van der Waals surface area contributed by atoms with E-state index in [9.17, 15) is 9.59 Å². The van der Waals surface area contributed by atoms with Crippen molar-refractivity contribution < 1.29 is 14.3 Å². The molecule has 3 rings (SSSR count). The number of nitrogens with zero attached hydrogens (tertiary/aromatic N) is 2. The third kappa shape index (κ3) is 4.27. The molecule has 1 aliphatic heterocycles. The lowest BCUT2D eigenvalue weighted by atomic mass is 9.88. The van der Waals surface area contributed by atoms with Crippen molar-refractivity contribution in [2.24, 2.45) is 11.8 Å². The van der Waals surface area contributed by atoms with Crippen LogP contribution in [-0.4, -0.2) is 33.9 Å². The summed E-state index contributed by atoms with van der Waals surface area (Å²) < 4.78 is 5.36. The lowest BCUT2D eigenvalue weighted by molar-refractivity contribution is -0.149. The van der Waals surface area contributed by atoms with Gasteiger partial charge in [0.15, 0.2) is 0 Å². The van der Waals surface area contributed by atoms with Crippen molar-refractivity contribution in [1.29, 1.82) is 0 Å². The molecular formula is C20H26N2O3. The molecule has 5 nitrogen and oxygen atoms in total. The molecule has 2 unspecified atom stereocenters. The molecule has 25 heavy (non-hydrogen) atoms. The molecule has 2 atom stereocenters. The van der Waals surface area contributed by atoms with E-state index in [0.717, 1.165) is 25.0 Å². The highest BCUT2D eigenvalue weighted by atomic mass is 16.6. The van der Waals surface area contributed by atoms with E-state index in [1.165, 1.54) is 0 Å². The van der Waals surface area contributed by atoms with E-state index in [1.807, 2.05) is 36.9 Å². The quantitative estimate of drug-likeness (QED) is 0.609. The normalized spacial score (nSPS) is 24.8. The van der Waals surface area contributed by atoms with Gasteiger partial charge >= 0.3 is 5.97 Å². The van der Waals surface area contributed by atoms with Crippen molar-refractivity contribution >= 4 is 11.9 Å². The van der Waals surface area contributed by atoms with Gasteiger partial charge in [0, 0.05) is 12.7 Å². The van der Waals surface area contributed by atoms with Crippen LogP contribution in [0.15, 0.2) is 36.5 Å². The highest BCUT2D eigenvalue weighted by molar-refractivity contribution is 5.87. The molecular weight excluding hydrogens is 316 g/mol. The molecule has 1 fully saturated rings. The maximum atomic E-state index is 13.2. The Hall–Kier alpha value is -2.17. The van der Waals surface area contributed by atoms with Crippen LogP contribution in [0.25, 0.3) is 0 Å². The third-order valence-corrected chi connectivity index (χ3v) is 5.13. The number of hydrogen-bond donors (Lipinski definition) is 0. The van der Waals surface area contributed by atoms with E-state index < -0.39 is 11.5 Å². The number of allylic oxidation sites excluding steroid dienone is 2. The van der Waals surface area contributed by atoms with E-state index in [0.29, 0.717) is 19.0 Å². The van der Waals surface area contributed by atoms with E-state index in [-0.39, 0.29) is 18.3 Å². The van der Waals surface area contributed by atoms with Crippen molar-refractivity contribution in [3.05, 3.63) is 42.2 Å². The minimum absolute atomic E-state index is 0.00365. The maximum Gasteiger partial charge on any atom is 0.307 e. The lowest BCUT2D eigenvalue weighted by Crippen LogP contribution is -2.44. The molecule has 1 amide bonds. The summed E-state index contributed by atoms with van der Waals surface area (Å²) in [4.78, 5) is 31.2. The Morgan fingerprint density at radius 1 is 1.36 bits per heavy atom. The first kappa shape index (κ1) is 17.6. The molecule has 2 heterocycles. The molecule has 1 aromatic heterocycles. The number of hydrogen-bond acceptors (Lipinski definition) is 4. The van der Waals surface area contributed by atoms with Gasteiger partial charge in [0.2, 0.25) is 5.91 Å². The first-order valence-corrected chi connectivity index (χ1v) is 9.01. The van der Waals surface area contributed by atoms with E-state index in [4.69, 9.17) is 4.74 Å². The highest BCUT2D eigenvalue weighted by Gasteiger charge is 2.47. The number of pyridine rings is 1. The summed E-state index contributed by atoms with van der Waals surface area (Å²) in [7, 11) is 0. The topological polar surface area (TPSA) is 59.5 Å². The van der Waals surface area contributed by atoms with Gasteiger partial charge in [0.1, 0.15) is 5.60 Å². The Labute approximate surface area is 149 Å². The second kappa shape index (κ2) is 7.38. The second-order valence-corrected chi connectivity index (χ2v) is 7.52. The van der Waals surface area contributed by atoms with Gasteiger partial charge in [-0.2, -0.15) is 0 Å². The zero-order chi connectivity index (χ0) is 17.9. The summed E-state index contributed by atoms with van der Waals surface area (Å²) in [6.45, 7) is 4.81. The number of carbonyl (C=O) groups excluding carboxylic acids is 2. The van der Waals surface area contributed by atoms with Gasteiger partial charge in [0.25, 0.3) is 0 Å². The third-order valence-electron chi connectivity index (χ3n) is 5.13. The van der Waals surface area contributed by atoms with E-state index in [2.05, 4.69) is 17.1 Å². The number of amides is 1. The van der Waals surface area contributed by atoms with Crippen molar-refractivity contribution in [3.63, 3.8) is 0 Å². The van der Waals surface area contributed by atoms with Gasteiger partial charge in [-0.05, 0) is 51.2 Å². The van der Waals surface area contributed by atoms with Crippen molar-refractivity contribution in [2.45, 2.75) is 51.7 Å². The Morgan fingerprint density at radius 2 is 2.20 bits per heavy atom. The Bertz CT molecular complexity index is 654. The SMILES string of the molecule is CC1(C)OC(=O)CC1C(=O)N(Cc1ccccn1)CC1CC=CCC1. The molecule has 0 aromatic carbocycles. The first-order valence-electron chi connectivity index (χ1n) is 9.01. The molecule has 0 bridgehead atoms.